The largest absolute Gasteiger partial charge is 0.478 e. The molecule has 0 saturated heterocycles. The molecule has 1 aliphatic rings. The van der Waals surface area contributed by atoms with Crippen molar-refractivity contribution in [3.05, 3.63) is 35.4 Å². The summed E-state index contributed by atoms with van der Waals surface area (Å²) in [5.41, 5.74) is 1.30. The topological polar surface area (TPSA) is 66.4 Å². The molecular weight excluding hydrogens is 266 g/mol. The molecule has 0 heterocycles. The molecule has 1 amide bonds. The Morgan fingerprint density at radius 1 is 1.29 bits per heavy atom. The number of hydrogen-bond donors (Lipinski definition) is 2. The fraction of sp³-hybridized carbons (Fsp3) is 0.529. The molecule has 0 aromatic heterocycles. The Morgan fingerprint density at radius 2 is 1.95 bits per heavy atom. The Kier molecular flexibility index (Phi) is 4.66. The molecule has 0 radical (unpaired) electrons. The van der Waals surface area contributed by atoms with Gasteiger partial charge in [0.25, 0.3) is 0 Å². The number of aromatic carboxylic acids is 1. The lowest BCUT2D eigenvalue weighted by molar-refractivity contribution is -0.121. The average molecular weight is 289 g/mol. The highest BCUT2D eigenvalue weighted by Crippen LogP contribution is 2.51. The van der Waals surface area contributed by atoms with Crippen LogP contribution in [0.4, 0.5) is 0 Å². The van der Waals surface area contributed by atoms with Crippen LogP contribution < -0.4 is 5.32 Å². The number of nitrogens with one attached hydrogen (secondary N) is 1. The number of carbonyl (C=O) groups excluding carboxylic acids is 1. The molecule has 2 N–H and O–H groups in total. The molecule has 4 heteroatoms. The Morgan fingerprint density at radius 3 is 2.52 bits per heavy atom. The van der Waals surface area contributed by atoms with E-state index in [4.69, 9.17) is 5.11 Å². The van der Waals surface area contributed by atoms with Gasteiger partial charge in [0.15, 0.2) is 0 Å². The van der Waals surface area contributed by atoms with Gasteiger partial charge in [-0.2, -0.15) is 0 Å². The van der Waals surface area contributed by atoms with Crippen LogP contribution in [0.15, 0.2) is 24.3 Å². The van der Waals surface area contributed by atoms with Crippen molar-refractivity contribution >= 4 is 11.9 Å². The molecule has 1 aromatic carbocycles. The number of benzene rings is 1. The predicted octanol–water partition coefficient (Wildman–Crippen LogP) is 2.87. The number of amides is 1. The fourth-order valence-corrected chi connectivity index (χ4v) is 2.68. The third kappa shape index (κ3) is 3.84. The van der Waals surface area contributed by atoms with Crippen molar-refractivity contribution in [2.24, 2.45) is 11.3 Å². The van der Waals surface area contributed by atoms with Gasteiger partial charge in [0.2, 0.25) is 5.91 Å². The first-order valence-electron chi connectivity index (χ1n) is 7.52. The standard InChI is InChI=1S/C17H23NO3/c1-12(2)17(9-10-17)11-18-15(19)8-7-13-5-3-4-6-14(13)16(20)21/h3-6,12H,7-11H2,1-2H3,(H,18,19)(H,20,21). The Hall–Kier alpha value is -1.84. The molecule has 0 aliphatic heterocycles. The zero-order valence-electron chi connectivity index (χ0n) is 12.7. The molecule has 114 valence electrons. The Bertz CT molecular complexity index is 533. The molecule has 0 atom stereocenters. The minimum absolute atomic E-state index is 0.00196. The van der Waals surface area contributed by atoms with Crippen molar-refractivity contribution in [1.82, 2.24) is 5.32 Å². The van der Waals surface area contributed by atoms with E-state index in [1.54, 1.807) is 24.3 Å². The maximum atomic E-state index is 11.9. The number of carboxylic acids is 1. The van der Waals surface area contributed by atoms with Gasteiger partial charge >= 0.3 is 5.97 Å². The summed E-state index contributed by atoms with van der Waals surface area (Å²) in [4.78, 5) is 23.0. The van der Waals surface area contributed by atoms with Crippen LogP contribution in [0.25, 0.3) is 0 Å². The fourth-order valence-electron chi connectivity index (χ4n) is 2.68. The van der Waals surface area contributed by atoms with Gasteiger partial charge in [0.1, 0.15) is 0 Å². The van der Waals surface area contributed by atoms with Gasteiger partial charge in [-0.05, 0) is 42.2 Å². The Balaban J connectivity index is 1.83. The minimum atomic E-state index is -0.942. The van der Waals surface area contributed by atoms with Crippen LogP contribution in [0.5, 0.6) is 0 Å². The molecule has 21 heavy (non-hydrogen) atoms. The number of carboxylic acid groups (broad SMARTS) is 1. The maximum absolute atomic E-state index is 11.9. The maximum Gasteiger partial charge on any atom is 0.335 e. The van der Waals surface area contributed by atoms with Gasteiger partial charge in [-0.1, -0.05) is 32.0 Å². The van der Waals surface area contributed by atoms with Crippen LogP contribution in [0.2, 0.25) is 0 Å². The summed E-state index contributed by atoms with van der Waals surface area (Å²) >= 11 is 0. The lowest BCUT2D eigenvalue weighted by atomic mass is 9.92. The summed E-state index contributed by atoms with van der Waals surface area (Å²) in [5, 5.41) is 12.1. The van der Waals surface area contributed by atoms with Crippen molar-refractivity contribution in [3.8, 4) is 0 Å². The second kappa shape index (κ2) is 6.29. The van der Waals surface area contributed by atoms with Crippen LogP contribution >= 0.6 is 0 Å². The van der Waals surface area contributed by atoms with E-state index in [0.29, 0.717) is 29.7 Å². The molecule has 1 saturated carbocycles. The number of aryl methyl sites for hydroxylation is 1. The van der Waals surface area contributed by atoms with E-state index in [-0.39, 0.29) is 11.5 Å². The highest BCUT2D eigenvalue weighted by molar-refractivity contribution is 5.89. The van der Waals surface area contributed by atoms with Gasteiger partial charge in [0, 0.05) is 13.0 Å². The lowest BCUT2D eigenvalue weighted by Gasteiger charge is -2.20. The SMILES string of the molecule is CC(C)C1(CNC(=O)CCc2ccccc2C(=O)O)CC1. The van der Waals surface area contributed by atoms with Gasteiger partial charge < -0.3 is 10.4 Å². The van der Waals surface area contributed by atoms with Crippen molar-refractivity contribution in [2.75, 3.05) is 6.54 Å². The van der Waals surface area contributed by atoms with Crippen LogP contribution in [0.1, 0.15) is 49.0 Å². The van der Waals surface area contributed by atoms with E-state index in [1.165, 1.54) is 12.8 Å². The monoisotopic (exact) mass is 289 g/mol. The molecule has 1 aromatic rings. The molecule has 2 rings (SSSR count). The average Bonchev–Trinajstić information content (AvgIpc) is 3.24. The van der Waals surface area contributed by atoms with E-state index in [9.17, 15) is 9.59 Å². The molecule has 4 nitrogen and oxygen atoms in total. The third-order valence-electron chi connectivity index (χ3n) is 4.62. The van der Waals surface area contributed by atoms with E-state index in [0.717, 1.165) is 6.54 Å². The first-order valence-corrected chi connectivity index (χ1v) is 7.52. The van der Waals surface area contributed by atoms with Crippen molar-refractivity contribution in [1.29, 1.82) is 0 Å². The second-order valence-corrected chi connectivity index (χ2v) is 6.26. The molecular formula is C17H23NO3. The van der Waals surface area contributed by atoms with Crippen molar-refractivity contribution in [3.63, 3.8) is 0 Å². The van der Waals surface area contributed by atoms with Crippen LogP contribution in [0, 0.1) is 11.3 Å². The number of hydrogen-bond acceptors (Lipinski definition) is 2. The third-order valence-corrected chi connectivity index (χ3v) is 4.62. The van der Waals surface area contributed by atoms with Crippen LogP contribution in [-0.4, -0.2) is 23.5 Å². The van der Waals surface area contributed by atoms with Gasteiger partial charge in [-0.15, -0.1) is 0 Å². The molecule has 0 unspecified atom stereocenters. The summed E-state index contributed by atoms with van der Waals surface area (Å²) in [6.45, 7) is 5.13. The van der Waals surface area contributed by atoms with Crippen LogP contribution in [-0.2, 0) is 11.2 Å². The van der Waals surface area contributed by atoms with Crippen molar-refractivity contribution in [2.45, 2.75) is 39.5 Å². The summed E-state index contributed by atoms with van der Waals surface area (Å²) in [6, 6.07) is 6.85. The molecule has 0 spiro atoms. The normalized spacial score (nSPS) is 15.8. The summed E-state index contributed by atoms with van der Waals surface area (Å²) < 4.78 is 0. The summed E-state index contributed by atoms with van der Waals surface area (Å²) in [6.07, 6.45) is 3.17. The van der Waals surface area contributed by atoms with Gasteiger partial charge in [-0.3, -0.25) is 4.79 Å². The first-order chi connectivity index (χ1) is 9.94. The molecule has 1 aliphatic carbocycles. The van der Waals surface area contributed by atoms with Gasteiger partial charge in [-0.25, -0.2) is 4.79 Å². The van der Waals surface area contributed by atoms with E-state index >= 15 is 0 Å². The summed E-state index contributed by atoms with van der Waals surface area (Å²) in [5.74, 6) is -0.351. The molecule has 0 bridgehead atoms. The summed E-state index contributed by atoms with van der Waals surface area (Å²) in [7, 11) is 0. The lowest BCUT2D eigenvalue weighted by Crippen LogP contribution is -2.32. The van der Waals surface area contributed by atoms with Crippen LogP contribution in [0.3, 0.4) is 0 Å². The quantitative estimate of drug-likeness (QED) is 0.811. The second-order valence-electron chi connectivity index (χ2n) is 6.26. The van der Waals surface area contributed by atoms with Gasteiger partial charge in [0.05, 0.1) is 5.56 Å². The highest BCUT2D eigenvalue weighted by atomic mass is 16.4. The zero-order valence-corrected chi connectivity index (χ0v) is 12.7. The number of rotatable bonds is 7. The molecule has 1 fully saturated rings. The van der Waals surface area contributed by atoms with Crippen molar-refractivity contribution < 1.29 is 14.7 Å². The highest BCUT2D eigenvalue weighted by Gasteiger charge is 2.45. The first kappa shape index (κ1) is 15.5. The smallest absolute Gasteiger partial charge is 0.335 e. The number of carbonyl (C=O) groups is 2. The van der Waals surface area contributed by atoms with E-state index in [1.807, 2.05) is 0 Å². The predicted molar refractivity (Wildman–Crippen MR) is 81.2 cm³/mol. The Labute approximate surface area is 125 Å². The van der Waals surface area contributed by atoms with E-state index in [2.05, 4.69) is 19.2 Å². The zero-order chi connectivity index (χ0) is 15.5. The van der Waals surface area contributed by atoms with E-state index < -0.39 is 5.97 Å². The minimum Gasteiger partial charge on any atom is -0.478 e.